The third-order valence-electron chi connectivity index (χ3n) is 4.36. The first-order valence-electron chi connectivity index (χ1n) is 8.56. The van der Waals surface area contributed by atoms with Gasteiger partial charge in [0.2, 0.25) is 10.0 Å². The maximum atomic E-state index is 13.0. The smallest absolute Gasteiger partial charge is 0.316 e. The van der Waals surface area contributed by atoms with Crippen LogP contribution in [0.15, 0.2) is 35.5 Å². The third kappa shape index (κ3) is 3.81. The summed E-state index contributed by atoms with van der Waals surface area (Å²) in [5.74, 6) is 0.397. The highest BCUT2D eigenvalue weighted by Crippen LogP contribution is 2.33. The standard InChI is InChI=1S/C17H18FN3O5S/c18-12-9-19-17(20-10-12)26-13-2-1-5-21(11-13)27(22,23)14-3-4-15-16(8-14)25-7-6-24-15/h3-4,8-10,13H,1-2,5-7,11H2. The van der Waals surface area contributed by atoms with E-state index in [2.05, 4.69) is 9.97 Å². The van der Waals surface area contributed by atoms with Crippen molar-refractivity contribution in [1.29, 1.82) is 0 Å². The minimum Gasteiger partial charge on any atom is -0.486 e. The van der Waals surface area contributed by atoms with Crippen molar-refractivity contribution >= 4 is 10.0 Å². The van der Waals surface area contributed by atoms with Crippen LogP contribution >= 0.6 is 0 Å². The summed E-state index contributed by atoms with van der Waals surface area (Å²) >= 11 is 0. The largest absolute Gasteiger partial charge is 0.486 e. The lowest BCUT2D eigenvalue weighted by atomic mass is 10.1. The van der Waals surface area contributed by atoms with Crippen LogP contribution in [-0.4, -0.2) is 55.1 Å². The van der Waals surface area contributed by atoms with Gasteiger partial charge in [-0.2, -0.15) is 4.31 Å². The van der Waals surface area contributed by atoms with Gasteiger partial charge in [-0.05, 0) is 25.0 Å². The van der Waals surface area contributed by atoms with Crippen LogP contribution in [0.3, 0.4) is 0 Å². The van der Waals surface area contributed by atoms with Crippen molar-refractivity contribution in [3.05, 3.63) is 36.4 Å². The molecule has 2 aliphatic rings. The summed E-state index contributed by atoms with van der Waals surface area (Å²) in [6.07, 6.45) is 2.91. The molecule has 0 radical (unpaired) electrons. The molecule has 144 valence electrons. The molecule has 1 atom stereocenters. The van der Waals surface area contributed by atoms with Gasteiger partial charge in [0.15, 0.2) is 17.3 Å². The van der Waals surface area contributed by atoms with Gasteiger partial charge in [0.1, 0.15) is 19.3 Å². The number of benzene rings is 1. The molecule has 0 N–H and O–H groups in total. The summed E-state index contributed by atoms with van der Waals surface area (Å²) in [5, 5.41) is 0. The molecule has 0 amide bonds. The zero-order valence-corrected chi connectivity index (χ0v) is 15.2. The van der Waals surface area contributed by atoms with E-state index in [4.69, 9.17) is 14.2 Å². The van der Waals surface area contributed by atoms with Crippen molar-refractivity contribution in [2.45, 2.75) is 23.8 Å². The third-order valence-corrected chi connectivity index (χ3v) is 6.22. The second-order valence-corrected chi connectivity index (χ2v) is 8.17. The van der Waals surface area contributed by atoms with E-state index in [0.29, 0.717) is 44.1 Å². The molecule has 3 heterocycles. The molecule has 1 fully saturated rings. The van der Waals surface area contributed by atoms with E-state index in [9.17, 15) is 12.8 Å². The first-order chi connectivity index (χ1) is 13.0. The van der Waals surface area contributed by atoms with E-state index in [-0.39, 0.29) is 17.5 Å². The molecule has 8 nitrogen and oxygen atoms in total. The van der Waals surface area contributed by atoms with Crippen LogP contribution in [0.1, 0.15) is 12.8 Å². The molecule has 1 aromatic heterocycles. The second-order valence-electron chi connectivity index (χ2n) is 6.23. The lowest BCUT2D eigenvalue weighted by molar-refractivity contribution is 0.119. The molecule has 4 rings (SSSR count). The average Bonchev–Trinajstić information content (AvgIpc) is 2.69. The minimum absolute atomic E-state index is 0.0278. The van der Waals surface area contributed by atoms with Crippen LogP contribution in [0.5, 0.6) is 17.5 Å². The first-order valence-corrected chi connectivity index (χ1v) is 10.0. The number of nitrogens with zero attached hydrogens (tertiary/aromatic N) is 3. The zero-order valence-electron chi connectivity index (χ0n) is 14.4. The van der Waals surface area contributed by atoms with Gasteiger partial charge in [0.05, 0.1) is 23.8 Å². The number of aromatic nitrogens is 2. The van der Waals surface area contributed by atoms with Crippen LogP contribution in [-0.2, 0) is 10.0 Å². The van der Waals surface area contributed by atoms with Crippen LogP contribution in [0.2, 0.25) is 0 Å². The predicted molar refractivity (Wildman–Crippen MR) is 91.8 cm³/mol. The van der Waals surface area contributed by atoms with E-state index in [0.717, 1.165) is 12.4 Å². The van der Waals surface area contributed by atoms with Crippen molar-refractivity contribution in [3.8, 4) is 17.5 Å². The number of ether oxygens (including phenoxy) is 3. The Kier molecular flexibility index (Phi) is 4.83. The molecule has 1 aromatic carbocycles. The zero-order chi connectivity index (χ0) is 18.9. The predicted octanol–water partition coefficient (Wildman–Crippen LogP) is 1.62. The Bertz CT molecular complexity index is 923. The summed E-state index contributed by atoms with van der Waals surface area (Å²) in [5.41, 5.74) is 0. The number of halogens is 1. The van der Waals surface area contributed by atoms with Gasteiger partial charge in [-0.3, -0.25) is 0 Å². The SMILES string of the molecule is O=S(=O)(c1ccc2c(c1)OCCO2)N1CCCC(Oc2ncc(F)cn2)C1. The molecule has 0 aliphatic carbocycles. The van der Waals surface area contributed by atoms with Gasteiger partial charge in [-0.1, -0.05) is 0 Å². The van der Waals surface area contributed by atoms with E-state index >= 15 is 0 Å². The van der Waals surface area contributed by atoms with E-state index in [1.54, 1.807) is 6.07 Å². The highest BCUT2D eigenvalue weighted by Gasteiger charge is 2.32. The quantitative estimate of drug-likeness (QED) is 0.777. The van der Waals surface area contributed by atoms with E-state index in [1.165, 1.54) is 16.4 Å². The number of fused-ring (bicyclic) bond motifs is 1. The van der Waals surface area contributed by atoms with Crippen LogP contribution in [0.25, 0.3) is 0 Å². The molecule has 0 spiro atoms. The minimum atomic E-state index is -3.71. The summed E-state index contributed by atoms with van der Waals surface area (Å²) in [7, 11) is -3.71. The van der Waals surface area contributed by atoms with Gasteiger partial charge in [0.25, 0.3) is 0 Å². The van der Waals surface area contributed by atoms with Crippen molar-refractivity contribution in [1.82, 2.24) is 14.3 Å². The van der Waals surface area contributed by atoms with Crippen molar-refractivity contribution in [2.24, 2.45) is 0 Å². The van der Waals surface area contributed by atoms with Crippen molar-refractivity contribution in [2.75, 3.05) is 26.3 Å². The fourth-order valence-corrected chi connectivity index (χ4v) is 4.59. The Labute approximate surface area is 155 Å². The lowest BCUT2D eigenvalue weighted by Crippen LogP contribution is -2.44. The fraction of sp³-hybridized carbons (Fsp3) is 0.412. The van der Waals surface area contributed by atoms with Gasteiger partial charge in [-0.25, -0.2) is 22.8 Å². The summed E-state index contributed by atoms with van der Waals surface area (Å²) in [6.45, 7) is 1.38. The topological polar surface area (TPSA) is 90.9 Å². The van der Waals surface area contributed by atoms with Crippen LogP contribution in [0, 0.1) is 5.82 Å². The number of hydrogen-bond acceptors (Lipinski definition) is 7. The highest BCUT2D eigenvalue weighted by molar-refractivity contribution is 7.89. The lowest BCUT2D eigenvalue weighted by Gasteiger charge is -2.31. The monoisotopic (exact) mass is 395 g/mol. The molecule has 1 saturated heterocycles. The molecule has 27 heavy (non-hydrogen) atoms. The Morgan fingerprint density at radius 2 is 1.89 bits per heavy atom. The molecular weight excluding hydrogens is 377 g/mol. The number of piperidine rings is 1. The summed E-state index contributed by atoms with van der Waals surface area (Å²) in [4.78, 5) is 7.66. The van der Waals surface area contributed by atoms with E-state index < -0.39 is 21.9 Å². The number of hydrogen-bond donors (Lipinski definition) is 0. The van der Waals surface area contributed by atoms with Gasteiger partial charge in [0, 0.05) is 12.6 Å². The van der Waals surface area contributed by atoms with Crippen molar-refractivity contribution < 1.29 is 27.0 Å². The fourth-order valence-electron chi connectivity index (χ4n) is 3.06. The number of sulfonamides is 1. The normalized spacial score (nSPS) is 20.3. The van der Waals surface area contributed by atoms with Gasteiger partial charge in [-0.15, -0.1) is 0 Å². The molecule has 2 aromatic rings. The maximum absolute atomic E-state index is 13.0. The Balaban J connectivity index is 1.50. The Morgan fingerprint density at radius 1 is 1.15 bits per heavy atom. The second kappa shape index (κ2) is 7.28. The Morgan fingerprint density at radius 3 is 2.67 bits per heavy atom. The molecule has 0 bridgehead atoms. The highest BCUT2D eigenvalue weighted by atomic mass is 32.2. The molecule has 2 aliphatic heterocycles. The molecule has 0 saturated carbocycles. The van der Waals surface area contributed by atoms with Crippen molar-refractivity contribution in [3.63, 3.8) is 0 Å². The first kappa shape index (κ1) is 17.9. The number of rotatable bonds is 4. The maximum Gasteiger partial charge on any atom is 0.316 e. The van der Waals surface area contributed by atoms with E-state index in [1.807, 2.05) is 0 Å². The van der Waals surface area contributed by atoms with Gasteiger partial charge >= 0.3 is 6.01 Å². The average molecular weight is 395 g/mol. The van der Waals surface area contributed by atoms with Crippen LogP contribution < -0.4 is 14.2 Å². The van der Waals surface area contributed by atoms with Gasteiger partial charge < -0.3 is 14.2 Å². The summed E-state index contributed by atoms with van der Waals surface area (Å²) in [6, 6.07) is 4.62. The molecule has 10 heteroatoms. The molecular formula is C17H18FN3O5S. The Hall–Kier alpha value is -2.46. The molecule has 1 unspecified atom stereocenters. The summed E-state index contributed by atoms with van der Waals surface area (Å²) < 4.78 is 56.8. The van der Waals surface area contributed by atoms with Crippen LogP contribution in [0.4, 0.5) is 4.39 Å².